The average Bonchev–Trinajstić information content (AvgIpc) is 2.97. The zero-order chi connectivity index (χ0) is 18.7. The second kappa shape index (κ2) is 10.7. The third kappa shape index (κ3) is 6.09. The third-order valence-corrected chi connectivity index (χ3v) is 5.09. The van der Waals surface area contributed by atoms with Crippen molar-refractivity contribution in [1.82, 2.24) is 4.90 Å². The van der Waals surface area contributed by atoms with Crippen molar-refractivity contribution in [3.05, 3.63) is 65.7 Å². The summed E-state index contributed by atoms with van der Waals surface area (Å²) in [6.45, 7) is 6.86. The fourth-order valence-electron chi connectivity index (χ4n) is 3.61. The van der Waals surface area contributed by atoms with E-state index in [1.165, 1.54) is 5.56 Å². The highest BCUT2D eigenvalue weighted by Crippen LogP contribution is 2.21. The molecule has 0 bridgehead atoms. The van der Waals surface area contributed by atoms with E-state index < -0.39 is 0 Å². The maximum atomic E-state index is 9.33. The van der Waals surface area contributed by atoms with Gasteiger partial charge in [-0.05, 0) is 43.5 Å². The number of ether oxygens (including phenoxy) is 1. The molecule has 2 aromatic carbocycles. The van der Waals surface area contributed by atoms with Gasteiger partial charge in [0.1, 0.15) is 6.07 Å². The molecule has 0 saturated carbocycles. The number of hydrogen-bond acceptors (Lipinski definition) is 4. The molecule has 0 unspecified atom stereocenters. The summed E-state index contributed by atoms with van der Waals surface area (Å²) >= 11 is 0. The summed E-state index contributed by atoms with van der Waals surface area (Å²) in [5.74, 6) is 0. The van der Waals surface area contributed by atoms with E-state index in [1.807, 2.05) is 24.3 Å². The first-order valence-corrected chi connectivity index (χ1v) is 9.95. The van der Waals surface area contributed by atoms with Crippen molar-refractivity contribution >= 4 is 5.69 Å². The van der Waals surface area contributed by atoms with E-state index in [1.54, 1.807) is 0 Å². The summed E-state index contributed by atoms with van der Waals surface area (Å²) in [6.07, 6.45) is 3.19. The van der Waals surface area contributed by atoms with Crippen molar-refractivity contribution in [2.45, 2.75) is 19.3 Å². The SMILES string of the molecule is N#Cc1ccccc1N1CCCN(CCCOCCc2ccccc2)CC1. The Labute approximate surface area is 163 Å². The summed E-state index contributed by atoms with van der Waals surface area (Å²) < 4.78 is 5.81. The topological polar surface area (TPSA) is 39.5 Å². The van der Waals surface area contributed by atoms with Gasteiger partial charge in [-0.25, -0.2) is 0 Å². The predicted octanol–water partition coefficient (Wildman–Crippen LogP) is 3.72. The van der Waals surface area contributed by atoms with Crippen molar-refractivity contribution in [2.75, 3.05) is 50.8 Å². The molecule has 27 heavy (non-hydrogen) atoms. The molecular formula is C23H29N3O. The average molecular weight is 364 g/mol. The standard InChI is InChI=1S/C23H29N3O/c24-20-22-10-4-5-11-23(22)26-15-6-13-25(16-17-26)14-7-18-27-19-12-21-8-2-1-3-9-21/h1-5,8-11H,6-7,12-19H2. The fourth-order valence-corrected chi connectivity index (χ4v) is 3.61. The van der Waals surface area contributed by atoms with Crippen LogP contribution in [0.5, 0.6) is 0 Å². The Hall–Kier alpha value is -2.35. The monoisotopic (exact) mass is 363 g/mol. The van der Waals surface area contributed by atoms with Crippen LogP contribution in [0.15, 0.2) is 54.6 Å². The molecule has 1 fully saturated rings. The van der Waals surface area contributed by atoms with Crippen LogP contribution in [0.25, 0.3) is 0 Å². The molecule has 4 heteroatoms. The summed E-state index contributed by atoms with van der Waals surface area (Å²) in [7, 11) is 0. The molecular weight excluding hydrogens is 334 g/mol. The van der Waals surface area contributed by atoms with Crippen molar-refractivity contribution < 1.29 is 4.74 Å². The molecule has 1 aliphatic heterocycles. The van der Waals surface area contributed by atoms with Gasteiger partial charge in [0.05, 0.1) is 17.9 Å². The maximum absolute atomic E-state index is 9.33. The summed E-state index contributed by atoms with van der Waals surface area (Å²) in [5.41, 5.74) is 3.19. The molecule has 0 amide bonds. The molecule has 1 aliphatic rings. The quantitative estimate of drug-likeness (QED) is 0.670. The van der Waals surface area contributed by atoms with Crippen LogP contribution in [0, 0.1) is 11.3 Å². The lowest BCUT2D eigenvalue weighted by Gasteiger charge is -2.24. The van der Waals surface area contributed by atoms with Crippen LogP contribution in [-0.2, 0) is 11.2 Å². The molecule has 0 atom stereocenters. The lowest BCUT2D eigenvalue weighted by molar-refractivity contribution is 0.124. The van der Waals surface area contributed by atoms with Crippen molar-refractivity contribution in [3.8, 4) is 6.07 Å². The first-order valence-electron chi connectivity index (χ1n) is 9.95. The summed E-state index contributed by atoms with van der Waals surface area (Å²) in [6, 6.07) is 20.7. The van der Waals surface area contributed by atoms with E-state index in [4.69, 9.17) is 4.74 Å². The largest absolute Gasteiger partial charge is 0.381 e. The molecule has 142 valence electrons. The molecule has 4 nitrogen and oxygen atoms in total. The number of nitriles is 1. The van der Waals surface area contributed by atoms with E-state index in [-0.39, 0.29) is 0 Å². The Morgan fingerprint density at radius 2 is 1.70 bits per heavy atom. The van der Waals surface area contributed by atoms with Crippen LogP contribution < -0.4 is 4.90 Å². The van der Waals surface area contributed by atoms with Crippen LogP contribution in [0.1, 0.15) is 24.0 Å². The number of anilines is 1. The van der Waals surface area contributed by atoms with E-state index >= 15 is 0 Å². The number of para-hydroxylation sites is 1. The molecule has 0 aromatic heterocycles. The van der Waals surface area contributed by atoms with Gasteiger partial charge in [-0.15, -0.1) is 0 Å². The van der Waals surface area contributed by atoms with Gasteiger partial charge in [-0.3, -0.25) is 0 Å². The van der Waals surface area contributed by atoms with Crippen LogP contribution >= 0.6 is 0 Å². The van der Waals surface area contributed by atoms with E-state index in [0.717, 1.165) is 76.5 Å². The molecule has 0 radical (unpaired) electrons. The maximum Gasteiger partial charge on any atom is 0.101 e. The molecule has 3 rings (SSSR count). The van der Waals surface area contributed by atoms with Crippen LogP contribution in [0.3, 0.4) is 0 Å². The van der Waals surface area contributed by atoms with Crippen molar-refractivity contribution in [1.29, 1.82) is 5.26 Å². The zero-order valence-corrected chi connectivity index (χ0v) is 16.0. The molecule has 1 heterocycles. The van der Waals surface area contributed by atoms with Gasteiger partial charge in [0, 0.05) is 32.8 Å². The number of nitrogens with zero attached hydrogens (tertiary/aromatic N) is 3. The van der Waals surface area contributed by atoms with Gasteiger partial charge >= 0.3 is 0 Å². The smallest absolute Gasteiger partial charge is 0.101 e. The van der Waals surface area contributed by atoms with Gasteiger partial charge in [0.15, 0.2) is 0 Å². The molecule has 0 N–H and O–H groups in total. The molecule has 1 saturated heterocycles. The first kappa shape index (κ1) is 19.4. The van der Waals surface area contributed by atoms with Gasteiger partial charge < -0.3 is 14.5 Å². The minimum absolute atomic E-state index is 0.776. The lowest BCUT2D eigenvalue weighted by Crippen LogP contribution is -2.32. The van der Waals surface area contributed by atoms with Gasteiger partial charge in [-0.1, -0.05) is 42.5 Å². The van der Waals surface area contributed by atoms with Crippen molar-refractivity contribution in [2.24, 2.45) is 0 Å². The highest BCUT2D eigenvalue weighted by molar-refractivity contribution is 5.59. The Kier molecular flexibility index (Phi) is 7.70. The Balaban J connectivity index is 1.35. The van der Waals surface area contributed by atoms with E-state index in [2.05, 4.69) is 46.2 Å². The van der Waals surface area contributed by atoms with Crippen LogP contribution in [-0.4, -0.2) is 50.8 Å². The van der Waals surface area contributed by atoms with E-state index in [0.29, 0.717) is 0 Å². The minimum Gasteiger partial charge on any atom is -0.381 e. The lowest BCUT2D eigenvalue weighted by atomic mass is 10.1. The van der Waals surface area contributed by atoms with E-state index in [9.17, 15) is 5.26 Å². The van der Waals surface area contributed by atoms with Crippen LogP contribution in [0.2, 0.25) is 0 Å². The van der Waals surface area contributed by atoms with Gasteiger partial charge in [0.2, 0.25) is 0 Å². The van der Waals surface area contributed by atoms with Crippen molar-refractivity contribution in [3.63, 3.8) is 0 Å². The Morgan fingerprint density at radius 1 is 0.889 bits per heavy atom. The zero-order valence-electron chi connectivity index (χ0n) is 16.0. The second-order valence-corrected chi connectivity index (χ2v) is 7.01. The highest BCUT2D eigenvalue weighted by atomic mass is 16.5. The fraction of sp³-hybridized carbons (Fsp3) is 0.435. The minimum atomic E-state index is 0.776. The normalized spacial score (nSPS) is 15.3. The van der Waals surface area contributed by atoms with Crippen LogP contribution in [0.4, 0.5) is 5.69 Å². The number of hydrogen-bond donors (Lipinski definition) is 0. The third-order valence-electron chi connectivity index (χ3n) is 5.09. The summed E-state index contributed by atoms with van der Waals surface area (Å²) in [5, 5.41) is 9.33. The highest BCUT2D eigenvalue weighted by Gasteiger charge is 2.16. The van der Waals surface area contributed by atoms with Gasteiger partial charge in [-0.2, -0.15) is 5.26 Å². The molecule has 2 aromatic rings. The first-order chi connectivity index (χ1) is 13.4. The molecule has 0 aliphatic carbocycles. The molecule has 0 spiro atoms. The number of rotatable bonds is 8. The Bertz CT molecular complexity index is 726. The Morgan fingerprint density at radius 3 is 2.56 bits per heavy atom. The second-order valence-electron chi connectivity index (χ2n) is 7.01. The number of benzene rings is 2. The predicted molar refractivity (Wildman–Crippen MR) is 110 cm³/mol. The van der Waals surface area contributed by atoms with Gasteiger partial charge in [0.25, 0.3) is 0 Å². The summed E-state index contributed by atoms with van der Waals surface area (Å²) in [4.78, 5) is 4.88.